The molecular formula is C18H20FNO3. The third-order valence-corrected chi connectivity index (χ3v) is 3.52. The highest BCUT2D eigenvalue weighted by Crippen LogP contribution is 2.27. The molecule has 0 aliphatic carbocycles. The van der Waals surface area contributed by atoms with Crippen LogP contribution in [0.1, 0.15) is 17.5 Å². The van der Waals surface area contributed by atoms with Gasteiger partial charge in [-0.1, -0.05) is 24.3 Å². The van der Waals surface area contributed by atoms with Crippen molar-refractivity contribution in [2.24, 2.45) is 0 Å². The molecule has 0 aliphatic heterocycles. The van der Waals surface area contributed by atoms with E-state index in [0.29, 0.717) is 30.0 Å². The summed E-state index contributed by atoms with van der Waals surface area (Å²) >= 11 is 0. The fourth-order valence-electron chi connectivity index (χ4n) is 2.23. The Morgan fingerprint density at radius 1 is 1.09 bits per heavy atom. The summed E-state index contributed by atoms with van der Waals surface area (Å²) in [6.45, 7) is 0.385. The molecule has 0 aromatic heterocycles. The van der Waals surface area contributed by atoms with Crippen LogP contribution < -0.4 is 14.8 Å². The van der Waals surface area contributed by atoms with Crippen molar-refractivity contribution < 1.29 is 18.7 Å². The Bertz CT molecular complexity index is 673. The highest BCUT2D eigenvalue weighted by Gasteiger charge is 2.08. The summed E-state index contributed by atoms with van der Waals surface area (Å²) < 4.78 is 23.9. The van der Waals surface area contributed by atoms with Gasteiger partial charge in [-0.15, -0.1) is 0 Å². The number of carbonyl (C=O) groups is 1. The number of rotatable bonds is 7. The van der Waals surface area contributed by atoms with Crippen LogP contribution in [0.2, 0.25) is 0 Å². The minimum absolute atomic E-state index is 0.122. The molecular weight excluding hydrogens is 297 g/mol. The quantitative estimate of drug-likeness (QED) is 0.853. The SMILES string of the molecule is COc1ccc(CNC(=O)CCc2ccccc2F)cc1OC. The number of hydrogen-bond donors (Lipinski definition) is 1. The molecule has 0 fully saturated rings. The van der Waals surface area contributed by atoms with Crippen molar-refractivity contribution in [2.75, 3.05) is 14.2 Å². The van der Waals surface area contributed by atoms with Crippen LogP contribution in [0, 0.1) is 5.82 Å². The van der Waals surface area contributed by atoms with Gasteiger partial charge >= 0.3 is 0 Å². The van der Waals surface area contributed by atoms with Crippen molar-refractivity contribution in [1.82, 2.24) is 5.32 Å². The first-order valence-corrected chi connectivity index (χ1v) is 7.35. The smallest absolute Gasteiger partial charge is 0.220 e. The number of methoxy groups -OCH3 is 2. The van der Waals surface area contributed by atoms with Gasteiger partial charge < -0.3 is 14.8 Å². The maximum atomic E-state index is 13.5. The predicted octanol–water partition coefficient (Wildman–Crippen LogP) is 3.09. The molecule has 0 spiro atoms. The van der Waals surface area contributed by atoms with Gasteiger partial charge in [-0.25, -0.2) is 4.39 Å². The monoisotopic (exact) mass is 317 g/mol. The number of halogens is 1. The fraction of sp³-hybridized carbons (Fsp3) is 0.278. The van der Waals surface area contributed by atoms with Crippen LogP contribution in [0.25, 0.3) is 0 Å². The molecule has 0 saturated carbocycles. The van der Waals surface area contributed by atoms with Gasteiger partial charge in [0.2, 0.25) is 5.91 Å². The normalized spacial score (nSPS) is 10.2. The summed E-state index contributed by atoms with van der Waals surface area (Å²) in [4.78, 5) is 11.9. The Labute approximate surface area is 135 Å². The van der Waals surface area contributed by atoms with Crippen LogP contribution in [-0.4, -0.2) is 20.1 Å². The molecule has 1 N–H and O–H groups in total. The van der Waals surface area contributed by atoms with Crippen molar-refractivity contribution >= 4 is 5.91 Å². The lowest BCUT2D eigenvalue weighted by Gasteiger charge is -2.10. The Morgan fingerprint density at radius 2 is 1.83 bits per heavy atom. The number of amides is 1. The predicted molar refractivity (Wildman–Crippen MR) is 86.1 cm³/mol. The Kier molecular flexibility index (Phi) is 5.97. The summed E-state index contributed by atoms with van der Waals surface area (Å²) in [6, 6.07) is 12.0. The van der Waals surface area contributed by atoms with Crippen LogP contribution in [0.5, 0.6) is 11.5 Å². The molecule has 4 nitrogen and oxygen atoms in total. The highest BCUT2D eigenvalue weighted by atomic mass is 19.1. The van der Waals surface area contributed by atoms with Crippen molar-refractivity contribution in [3.8, 4) is 11.5 Å². The van der Waals surface area contributed by atoms with E-state index in [1.54, 1.807) is 38.5 Å². The van der Waals surface area contributed by atoms with Crippen LogP contribution >= 0.6 is 0 Å². The third kappa shape index (κ3) is 4.71. The number of benzene rings is 2. The van der Waals surface area contributed by atoms with E-state index in [2.05, 4.69) is 5.32 Å². The van der Waals surface area contributed by atoms with E-state index < -0.39 is 0 Å². The molecule has 0 radical (unpaired) electrons. The Morgan fingerprint density at radius 3 is 2.52 bits per heavy atom. The zero-order valence-corrected chi connectivity index (χ0v) is 13.3. The van der Waals surface area contributed by atoms with Crippen LogP contribution in [0.4, 0.5) is 4.39 Å². The summed E-state index contributed by atoms with van der Waals surface area (Å²) in [5, 5.41) is 2.82. The zero-order chi connectivity index (χ0) is 16.7. The Hall–Kier alpha value is -2.56. The second-order valence-corrected chi connectivity index (χ2v) is 5.06. The van der Waals surface area contributed by atoms with Gasteiger partial charge in [-0.3, -0.25) is 4.79 Å². The Balaban J connectivity index is 1.86. The van der Waals surface area contributed by atoms with Gasteiger partial charge in [-0.05, 0) is 35.7 Å². The molecule has 0 saturated heterocycles. The largest absolute Gasteiger partial charge is 0.493 e. The molecule has 2 aromatic rings. The van der Waals surface area contributed by atoms with E-state index in [1.165, 1.54) is 6.07 Å². The van der Waals surface area contributed by atoms with Gasteiger partial charge in [0.1, 0.15) is 5.82 Å². The highest BCUT2D eigenvalue weighted by molar-refractivity contribution is 5.76. The lowest BCUT2D eigenvalue weighted by Crippen LogP contribution is -2.23. The summed E-state index contributed by atoms with van der Waals surface area (Å²) in [5.41, 5.74) is 1.45. The zero-order valence-electron chi connectivity index (χ0n) is 13.3. The maximum absolute atomic E-state index is 13.5. The van der Waals surface area contributed by atoms with Crippen molar-refractivity contribution in [3.05, 3.63) is 59.4 Å². The minimum Gasteiger partial charge on any atom is -0.493 e. The first-order chi connectivity index (χ1) is 11.1. The van der Waals surface area contributed by atoms with E-state index in [1.807, 2.05) is 12.1 Å². The first kappa shape index (κ1) is 16.8. The van der Waals surface area contributed by atoms with Gasteiger partial charge in [-0.2, -0.15) is 0 Å². The van der Waals surface area contributed by atoms with Crippen molar-refractivity contribution in [2.45, 2.75) is 19.4 Å². The molecule has 0 atom stereocenters. The average molecular weight is 317 g/mol. The standard InChI is InChI=1S/C18H20FNO3/c1-22-16-9-7-13(11-17(16)23-2)12-20-18(21)10-8-14-5-3-4-6-15(14)19/h3-7,9,11H,8,10,12H2,1-2H3,(H,20,21). The summed E-state index contributed by atoms with van der Waals surface area (Å²) in [7, 11) is 3.14. The minimum atomic E-state index is -0.278. The van der Waals surface area contributed by atoms with Gasteiger partial charge in [0.25, 0.3) is 0 Å². The second kappa shape index (κ2) is 8.17. The summed E-state index contributed by atoms with van der Waals surface area (Å²) in [5.74, 6) is 0.857. The topological polar surface area (TPSA) is 47.6 Å². The molecule has 122 valence electrons. The van der Waals surface area contributed by atoms with Crippen LogP contribution in [0.3, 0.4) is 0 Å². The van der Waals surface area contributed by atoms with E-state index in [4.69, 9.17) is 9.47 Å². The van der Waals surface area contributed by atoms with Crippen LogP contribution in [-0.2, 0) is 17.8 Å². The lowest BCUT2D eigenvalue weighted by atomic mass is 10.1. The van der Waals surface area contributed by atoms with Gasteiger partial charge in [0.15, 0.2) is 11.5 Å². The molecule has 1 amide bonds. The van der Waals surface area contributed by atoms with E-state index in [9.17, 15) is 9.18 Å². The molecule has 0 aliphatic rings. The molecule has 0 bridgehead atoms. The van der Waals surface area contributed by atoms with Crippen molar-refractivity contribution in [1.29, 1.82) is 0 Å². The van der Waals surface area contributed by atoms with Gasteiger partial charge in [0, 0.05) is 13.0 Å². The molecule has 0 heterocycles. The van der Waals surface area contributed by atoms with Crippen LogP contribution in [0.15, 0.2) is 42.5 Å². The molecule has 5 heteroatoms. The number of ether oxygens (including phenoxy) is 2. The van der Waals surface area contributed by atoms with Gasteiger partial charge in [0.05, 0.1) is 14.2 Å². The summed E-state index contributed by atoms with van der Waals surface area (Å²) in [6.07, 6.45) is 0.624. The number of nitrogens with one attached hydrogen (secondary N) is 1. The fourth-order valence-corrected chi connectivity index (χ4v) is 2.23. The van der Waals surface area contributed by atoms with E-state index in [0.717, 1.165) is 5.56 Å². The first-order valence-electron chi connectivity index (χ1n) is 7.35. The average Bonchev–Trinajstić information content (AvgIpc) is 2.58. The third-order valence-electron chi connectivity index (χ3n) is 3.52. The number of hydrogen-bond acceptors (Lipinski definition) is 3. The maximum Gasteiger partial charge on any atom is 0.220 e. The second-order valence-electron chi connectivity index (χ2n) is 5.06. The molecule has 23 heavy (non-hydrogen) atoms. The van der Waals surface area contributed by atoms with E-state index >= 15 is 0 Å². The molecule has 0 unspecified atom stereocenters. The number of aryl methyl sites for hydroxylation is 1. The molecule has 2 rings (SSSR count). The number of carbonyl (C=O) groups excluding carboxylic acids is 1. The molecule has 2 aromatic carbocycles. The van der Waals surface area contributed by atoms with E-state index in [-0.39, 0.29) is 18.1 Å². The van der Waals surface area contributed by atoms with Crippen molar-refractivity contribution in [3.63, 3.8) is 0 Å². The lowest BCUT2D eigenvalue weighted by molar-refractivity contribution is -0.121.